The van der Waals surface area contributed by atoms with Crippen LogP contribution in [0.4, 0.5) is 0 Å². The van der Waals surface area contributed by atoms with Crippen LogP contribution in [0.5, 0.6) is 0 Å². The van der Waals surface area contributed by atoms with Gasteiger partial charge in [0.2, 0.25) is 0 Å². The number of nitrogens with one attached hydrogen (secondary N) is 1. The Morgan fingerprint density at radius 3 is 3.11 bits per heavy atom. The van der Waals surface area contributed by atoms with Crippen molar-refractivity contribution in [1.29, 1.82) is 0 Å². The Morgan fingerprint density at radius 1 is 1.67 bits per heavy atom. The molecule has 1 aromatic heterocycles. The summed E-state index contributed by atoms with van der Waals surface area (Å²) >= 11 is 5.19. The second-order valence-corrected chi connectivity index (χ2v) is 3.50. The lowest BCUT2D eigenvalue weighted by atomic mass is 10.7. The Kier molecular flexibility index (Phi) is 3.22. The number of aromatic amines is 1. The maximum Gasteiger partial charge on any atom is 0.0721 e. The van der Waals surface area contributed by atoms with Crippen LogP contribution >= 0.6 is 27.7 Å². The molecule has 1 rings (SSSR count). The Labute approximate surface area is 67.4 Å². The van der Waals surface area contributed by atoms with Crippen molar-refractivity contribution >= 4 is 27.7 Å². The van der Waals surface area contributed by atoms with Crippen LogP contribution in [0.3, 0.4) is 0 Å². The highest BCUT2D eigenvalue weighted by Crippen LogP contribution is 2.14. The molecule has 0 aromatic carbocycles. The van der Waals surface area contributed by atoms with Crippen LogP contribution in [0, 0.1) is 0 Å². The molecule has 3 heteroatoms. The molecule has 0 amide bonds. The van der Waals surface area contributed by atoms with E-state index in [2.05, 4.69) is 27.0 Å². The van der Waals surface area contributed by atoms with Gasteiger partial charge in [-0.3, -0.25) is 0 Å². The van der Waals surface area contributed by atoms with Gasteiger partial charge >= 0.3 is 0 Å². The number of aromatic nitrogens is 1. The Hall–Kier alpha value is 0.110. The summed E-state index contributed by atoms with van der Waals surface area (Å²) < 4.78 is 0. The van der Waals surface area contributed by atoms with E-state index in [1.807, 2.05) is 24.0 Å². The highest BCUT2D eigenvalue weighted by molar-refractivity contribution is 9.09. The van der Waals surface area contributed by atoms with Gasteiger partial charge in [0.15, 0.2) is 0 Å². The Balaban J connectivity index is 2.30. The fraction of sp³-hybridized carbons (Fsp3) is 0.333. The van der Waals surface area contributed by atoms with Crippen LogP contribution in [-0.4, -0.2) is 16.1 Å². The molecule has 0 aliphatic carbocycles. The average molecular weight is 206 g/mol. The molecule has 1 heterocycles. The molecule has 0 bridgehead atoms. The summed E-state index contributed by atoms with van der Waals surface area (Å²) in [5.41, 5.74) is 0. The molecular weight excluding hydrogens is 198 g/mol. The number of H-pyrrole nitrogens is 1. The molecule has 0 spiro atoms. The molecule has 1 aromatic rings. The fourth-order valence-electron chi connectivity index (χ4n) is 0.552. The fourth-order valence-corrected chi connectivity index (χ4v) is 1.66. The van der Waals surface area contributed by atoms with E-state index in [0.717, 1.165) is 11.1 Å². The summed E-state index contributed by atoms with van der Waals surface area (Å²) in [6, 6.07) is 4.09. The van der Waals surface area contributed by atoms with Gasteiger partial charge in [-0.15, -0.1) is 11.8 Å². The molecule has 0 fully saturated rings. The largest absolute Gasteiger partial charge is 0.356 e. The summed E-state index contributed by atoms with van der Waals surface area (Å²) in [4.78, 5) is 3.11. The highest BCUT2D eigenvalue weighted by atomic mass is 79.9. The summed E-state index contributed by atoms with van der Waals surface area (Å²) in [5.74, 6) is 1.13. The zero-order valence-electron chi connectivity index (χ0n) is 4.93. The summed E-state index contributed by atoms with van der Waals surface area (Å²) in [6.45, 7) is 0. The summed E-state index contributed by atoms with van der Waals surface area (Å²) in [5, 5.41) is 2.30. The minimum absolute atomic E-state index is 1.05. The standard InChI is InChI=1S/C6H8BrNS/c7-3-5-9-6-2-1-4-8-6/h1-2,4,8H,3,5H2. The number of hydrogen-bond donors (Lipinski definition) is 1. The van der Waals surface area contributed by atoms with Crippen LogP contribution in [-0.2, 0) is 0 Å². The second-order valence-electron chi connectivity index (χ2n) is 1.57. The quantitative estimate of drug-likeness (QED) is 0.593. The van der Waals surface area contributed by atoms with Gasteiger partial charge in [0.1, 0.15) is 0 Å². The first kappa shape index (κ1) is 7.22. The number of rotatable bonds is 3. The molecular formula is C6H8BrNS. The first-order chi connectivity index (χ1) is 4.43. The molecule has 0 radical (unpaired) electrons. The number of halogens is 1. The third-order valence-electron chi connectivity index (χ3n) is 0.904. The van der Waals surface area contributed by atoms with Gasteiger partial charge in [-0.1, -0.05) is 15.9 Å². The third-order valence-corrected chi connectivity index (χ3v) is 2.80. The predicted octanol–water partition coefficient (Wildman–Crippen LogP) is 2.50. The van der Waals surface area contributed by atoms with Crippen LogP contribution in [0.15, 0.2) is 23.4 Å². The average Bonchev–Trinajstić information content (AvgIpc) is 2.34. The number of alkyl halides is 1. The van der Waals surface area contributed by atoms with Crippen molar-refractivity contribution in [3.63, 3.8) is 0 Å². The summed E-state index contributed by atoms with van der Waals surface area (Å²) in [6.07, 6.45) is 1.94. The second kappa shape index (κ2) is 4.01. The molecule has 1 nitrogen and oxygen atoms in total. The van der Waals surface area contributed by atoms with Gasteiger partial charge in [0, 0.05) is 17.3 Å². The molecule has 0 saturated carbocycles. The van der Waals surface area contributed by atoms with Gasteiger partial charge < -0.3 is 4.98 Å². The van der Waals surface area contributed by atoms with Crippen LogP contribution < -0.4 is 0 Å². The van der Waals surface area contributed by atoms with Crippen molar-refractivity contribution in [2.45, 2.75) is 5.03 Å². The van der Waals surface area contributed by atoms with Crippen LogP contribution in [0.2, 0.25) is 0 Å². The molecule has 0 saturated heterocycles. The normalized spacial score (nSPS) is 9.89. The number of thioether (sulfide) groups is 1. The maximum absolute atomic E-state index is 3.36. The van der Waals surface area contributed by atoms with Gasteiger partial charge in [-0.25, -0.2) is 0 Å². The van der Waals surface area contributed by atoms with Crippen LogP contribution in [0.25, 0.3) is 0 Å². The lowest BCUT2D eigenvalue weighted by Crippen LogP contribution is -1.76. The van der Waals surface area contributed by atoms with Crippen molar-refractivity contribution in [3.05, 3.63) is 18.3 Å². The van der Waals surface area contributed by atoms with Crippen molar-refractivity contribution in [2.24, 2.45) is 0 Å². The van der Waals surface area contributed by atoms with E-state index in [1.54, 1.807) is 0 Å². The van der Waals surface area contributed by atoms with E-state index in [9.17, 15) is 0 Å². The SMILES string of the molecule is BrCCSc1ccc[nH]1. The maximum atomic E-state index is 3.36. The van der Waals surface area contributed by atoms with E-state index in [4.69, 9.17) is 0 Å². The highest BCUT2D eigenvalue weighted by Gasteiger charge is 1.89. The molecule has 9 heavy (non-hydrogen) atoms. The summed E-state index contributed by atoms with van der Waals surface area (Å²) in [7, 11) is 0. The van der Waals surface area contributed by atoms with Gasteiger partial charge in [-0.05, 0) is 12.1 Å². The van der Waals surface area contributed by atoms with Crippen molar-refractivity contribution in [3.8, 4) is 0 Å². The van der Waals surface area contributed by atoms with Gasteiger partial charge in [0.25, 0.3) is 0 Å². The number of hydrogen-bond acceptors (Lipinski definition) is 1. The molecule has 50 valence electrons. The van der Waals surface area contributed by atoms with Gasteiger partial charge in [0.05, 0.1) is 5.03 Å². The molecule has 0 aliphatic heterocycles. The predicted molar refractivity (Wildman–Crippen MR) is 45.3 cm³/mol. The molecule has 0 aliphatic rings. The van der Waals surface area contributed by atoms with Crippen molar-refractivity contribution in [2.75, 3.05) is 11.1 Å². The van der Waals surface area contributed by atoms with Crippen molar-refractivity contribution in [1.82, 2.24) is 4.98 Å². The lowest BCUT2D eigenvalue weighted by Gasteiger charge is -1.90. The van der Waals surface area contributed by atoms with E-state index in [0.29, 0.717) is 0 Å². The zero-order valence-corrected chi connectivity index (χ0v) is 7.33. The minimum Gasteiger partial charge on any atom is -0.356 e. The Morgan fingerprint density at radius 2 is 2.56 bits per heavy atom. The van der Waals surface area contributed by atoms with E-state index in [1.165, 1.54) is 5.03 Å². The van der Waals surface area contributed by atoms with E-state index < -0.39 is 0 Å². The third kappa shape index (κ3) is 2.45. The zero-order chi connectivity index (χ0) is 6.53. The smallest absolute Gasteiger partial charge is 0.0721 e. The first-order valence-corrected chi connectivity index (χ1v) is 4.86. The molecule has 0 atom stereocenters. The van der Waals surface area contributed by atoms with E-state index >= 15 is 0 Å². The minimum atomic E-state index is 1.05. The monoisotopic (exact) mass is 205 g/mol. The van der Waals surface area contributed by atoms with E-state index in [-0.39, 0.29) is 0 Å². The van der Waals surface area contributed by atoms with Gasteiger partial charge in [-0.2, -0.15) is 0 Å². The first-order valence-electron chi connectivity index (χ1n) is 2.75. The van der Waals surface area contributed by atoms with Crippen LogP contribution in [0.1, 0.15) is 0 Å². The molecule has 1 N–H and O–H groups in total. The topological polar surface area (TPSA) is 15.8 Å². The lowest BCUT2D eigenvalue weighted by molar-refractivity contribution is 1.20. The Bertz CT molecular complexity index is 150. The molecule has 0 unspecified atom stereocenters. The van der Waals surface area contributed by atoms with Crippen molar-refractivity contribution < 1.29 is 0 Å².